The smallest absolute Gasteiger partial charge is 0.0156 e. The van der Waals surface area contributed by atoms with Crippen molar-refractivity contribution in [1.29, 1.82) is 0 Å². The Hall–Kier alpha value is -0.0400. The van der Waals surface area contributed by atoms with Crippen LogP contribution in [0.15, 0.2) is 0 Å². The zero-order chi connectivity index (χ0) is 8.28. The van der Waals surface area contributed by atoms with Crippen LogP contribution in [0.3, 0.4) is 0 Å². The molecule has 0 heterocycles. The summed E-state index contributed by atoms with van der Waals surface area (Å²) in [5.41, 5.74) is 6.80. The van der Waals surface area contributed by atoms with Gasteiger partial charge in [0.1, 0.15) is 0 Å². The van der Waals surface area contributed by atoms with Crippen molar-refractivity contribution in [2.45, 2.75) is 45.6 Å². The fraction of sp³-hybridized carbons (Fsp3) is 1.00. The van der Waals surface area contributed by atoms with Gasteiger partial charge >= 0.3 is 0 Å². The molecule has 2 aliphatic rings. The number of hydrogen-bond donors (Lipinski definition) is 1. The third-order valence-electron chi connectivity index (χ3n) is 3.89. The van der Waals surface area contributed by atoms with Crippen LogP contribution < -0.4 is 5.73 Å². The number of hydrogen-bond acceptors (Lipinski definition) is 1. The van der Waals surface area contributed by atoms with Crippen molar-refractivity contribution in [3.05, 3.63) is 0 Å². The summed E-state index contributed by atoms with van der Waals surface area (Å²) in [7, 11) is 0. The van der Waals surface area contributed by atoms with Crippen LogP contribution >= 0.6 is 0 Å². The Bertz CT molecular complexity index is 174. The van der Waals surface area contributed by atoms with Crippen molar-refractivity contribution in [3.63, 3.8) is 0 Å². The van der Waals surface area contributed by atoms with Crippen LogP contribution in [0, 0.1) is 17.3 Å². The molecule has 0 spiro atoms. The first-order valence-electron chi connectivity index (χ1n) is 4.76. The molecule has 0 aromatic rings. The van der Waals surface area contributed by atoms with Gasteiger partial charge in [0.05, 0.1) is 0 Å². The van der Waals surface area contributed by atoms with Gasteiger partial charge in [-0.25, -0.2) is 0 Å². The zero-order valence-electron chi connectivity index (χ0n) is 7.85. The summed E-state index contributed by atoms with van der Waals surface area (Å²) in [4.78, 5) is 0. The average Bonchev–Trinajstić information content (AvgIpc) is 2.54. The van der Waals surface area contributed by atoms with Gasteiger partial charge in [0.2, 0.25) is 0 Å². The maximum absolute atomic E-state index is 6.18. The normalized spacial score (nSPS) is 40.4. The molecule has 2 atom stereocenters. The molecule has 0 aromatic heterocycles. The second-order valence-electron chi connectivity index (χ2n) is 5.20. The topological polar surface area (TPSA) is 26.0 Å². The minimum absolute atomic E-state index is 0.0719. The first-order valence-corrected chi connectivity index (χ1v) is 4.76. The molecule has 0 saturated heterocycles. The lowest BCUT2D eigenvalue weighted by Crippen LogP contribution is -2.44. The van der Waals surface area contributed by atoms with E-state index in [1.807, 2.05) is 0 Å². The van der Waals surface area contributed by atoms with Gasteiger partial charge in [0.15, 0.2) is 0 Å². The molecule has 2 saturated carbocycles. The standard InChI is InChI=1S/C10H19N/c1-7-6-8(7)10(4-5-10)9(2,3)11/h7-8H,4-6,11H2,1-3H3. The highest BCUT2D eigenvalue weighted by Crippen LogP contribution is 2.68. The monoisotopic (exact) mass is 153 g/mol. The number of rotatable bonds is 2. The van der Waals surface area contributed by atoms with E-state index in [0.717, 1.165) is 11.8 Å². The van der Waals surface area contributed by atoms with E-state index in [4.69, 9.17) is 5.73 Å². The Morgan fingerprint density at radius 1 is 1.36 bits per heavy atom. The van der Waals surface area contributed by atoms with Crippen molar-refractivity contribution in [3.8, 4) is 0 Å². The molecule has 2 rings (SSSR count). The predicted octanol–water partition coefficient (Wildman–Crippen LogP) is 2.16. The number of nitrogens with two attached hydrogens (primary N) is 1. The Kier molecular flexibility index (Phi) is 1.26. The third kappa shape index (κ3) is 0.936. The first kappa shape index (κ1) is 7.60. The molecule has 0 aromatic carbocycles. The lowest BCUT2D eigenvalue weighted by atomic mass is 9.80. The van der Waals surface area contributed by atoms with Crippen molar-refractivity contribution in [2.75, 3.05) is 0 Å². The Labute approximate surface area is 69.4 Å². The second kappa shape index (κ2) is 1.82. The van der Waals surface area contributed by atoms with Gasteiger partial charge in [0, 0.05) is 5.54 Å². The van der Waals surface area contributed by atoms with Gasteiger partial charge in [0.25, 0.3) is 0 Å². The van der Waals surface area contributed by atoms with Gasteiger partial charge in [-0.2, -0.15) is 0 Å². The van der Waals surface area contributed by atoms with Crippen molar-refractivity contribution in [2.24, 2.45) is 23.0 Å². The maximum atomic E-state index is 6.18. The van der Waals surface area contributed by atoms with Crippen LogP contribution in [-0.4, -0.2) is 5.54 Å². The summed E-state index contributed by atoms with van der Waals surface area (Å²) >= 11 is 0. The van der Waals surface area contributed by atoms with Crippen LogP contribution in [0.4, 0.5) is 0 Å². The minimum Gasteiger partial charge on any atom is -0.325 e. The molecule has 0 amide bonds. The molecule has 2 N–H and O–H groups in total. The van der Waals surface area contributed by atoms with Gasteiger partial charge in [-0.15, -0.1) is 0 Å². The highest BCUT2D eigenvalue weighted by molar-refractivity contribution is 5.15. The molecule has 64 valence electrons. The summed E-state index contributed by atoms with van der Waals surface area (Å²) in [5.74, 6) is 1.92. The SMILES string of the molecule is CC1CC1C1(C(C)(C)N)CC1. The second-order valence-corrected chi connectivity index (χ2v) is 5.20. The van der Waals surface area contributed by atoms with Gasteiger partial charge in [-0.1, -0.05) is 6.92 Å². The lowest BCUT2D eigenvalue weighted by Gasteiger charge is -2.31. The molecule has 0 aliphatic heterocycles. The molecule has 1 heteroatoms. The molecule has 1 nitrogen and oxygen atoms in total. The average molecular weight is 153 g/mol. The van der Waals surface area contributed by atoms with E-state index in [2.05, 4.69) is 20.8 Å². The van der Waals surface area contributed by atoms with Crippen molar-refractivity contribution >= 4 is 0 Å². The Morgan fingerprint density at radius 3 is 1.91 bits per heavy atom. The van der Waals surface area contributed by atoms with Crippen molar-refractivity contribution in [1.82, 2.24) is 0 Å². The van der Waals surface area contributed by atoms with E-state index in [-0.39, 0.29) is 5.54 Å². The van der Waals surface area contributed by atoms with E-state index in [1.54, 1.807) is 0 Å². The van der Waals surface area contributed by atoms with E-state index < -0.39 is 0 Å². The van der Waals surface area contributed by atoms with Crippen molar-refractivity contribution < 1.29 is 0 Å². The predicted molar refractivity (Wildman–Crippen MR) is 47.2 cm³/mol. The molecular weight excluding hydrogens is 134 g/mol. The summed E-state index contributed by atoms with van der Waals surface area (Å²) in [6.07, 6.45) is 4.19. The van der Waals surface area contributed by atoms with Gasteiger partial charge in [-0.05, 0) is 50.4 Å². The molecule has 2 aliphatic carbocycles. The minimum atomic E-state index is 0.0719. The quantitative estimate of drug-likeness (QED) is 0.646. The zero-order valence-corrected chi connectivity index (χ0v) is 7.85. The highest BCUT2D eigenvalue weighted by atomic mass is 14.8. The summed E-state index contributed by atoms with van der Waals surface area (Å²) in [6, 6.07) is 0. The van der Waals surface area contributed by atoms with E-state index in [9.17, 15) is 0 Å². The fourth-order valence-electron chi connectivity index (χ4n) is 2.72. The summed E-state index contributed by atoms with van der Waals surface area (Å²) in [6.45, 7) is 6.76. The van der Waals surface area contributed by atoms with Crippen LogP contribution in [0.2, 0.25) is 0 Å². The lowest BCUT2D eigenvalue weighted by molar-refractivity contribution is 0.248. The molecule has 11 heavy (non-hydrogen) atoms. The third-order valence-corrected chi connectivity index (χ3v) is 3.89. The van der Waals surface area contributed by atoms with Crippen LogP contribution in [0.5, 0.6) is 0 Å². The Balaban J connectivity index is 2.11. The molecule has 0 bridgehead atoms. The summed E-state index contributed by atoms with van der Waals surface area (Å²) in [5, 5.41) is 0. The van der Waals surface area contributed by atoms with Crippen LogP contribution in [0.1, 0.15) is 40.0 Å². The molecular formula is C10H19N. The van der Waals surface area contributed by atoms with Gasteiger partial charge in [-0.3, -0.25) is 0 Å². The fourth-order valence-corrected chi connectivity index (χ4v) is 2.72. The highest BCUT2D eigenvalue weighted by Gasteiger charge is 2.63. The van der Waals surface area contributed by atoms with E-state index >= 15 is 0 Å². The van der Waals surface area contributed by atoms with Gasteiger partial charge < -0.3 is 5.73 Å². The summed E-state index contributed by atoms with van der Waals surface area (Å²) < 4.78 is 0. The molecule has 2 fully saturated rings. The molecule has 2 unspecified atom stereocenters. The van der Waals surface area contributed by atoms with E-state index in [1.165, 1.54) is 19.3 Å². The largest absolute Gasteiger partial charge is 0.325 e. The Morgan fingerprint density at radius 2 is 1.82 bits per heavy atom. The first-order chi connectivity index (χ1) is 4.97. The molecule has 0 radical (unpaired) electrons. The van der Waals surface area contributed by atoms with E-state index in [0.29, 0.717) is 5.41 Å². The maximum Gasteiger partial charge on any atom is 0.0156 e. The van der Waals surface area contributed by atoms with Crippen LogP contribution in [-0.2, 0) is 0 Å². The van der Waals surface area contributed by atoms with Crippen LogP contribution in [0.25, 0.3) is 0 Å².